The number of rotatable bonds is 14. The van der Waals surface area contributed by atoms with Crippen molar-refractivity contribution in [3.63, 3.8) is 0 Å². The maximum Gasteiger partial charge on any atom is 0.329 e. The highest BCUT2D eigenvalue weighted by molar-refractivity contribution is 6.90. The Kier molecular flexibility index (Phi) is 12.6. The maximum absolute atomic E-state index is 12.5. The summed E-state index contributed by atoms with van der Waals surface area (Å²) in [7, 11) is -1.75. The molecule has 0 saturated carbocycles. The molecule has 0 aliphatic carbocycles. The van der Waals surface area contributed by atoms with Gasteiger partial charge in [0.25, 0.3) is 0 Å². The summed E-state index contributed by atoms with van der Waals surface area (Å²) in [6.45, 7) is 13.6. The number of hydrogen-bond donors (Lipinski definition) is 0. The third-order valence-corrected chi connectivity index (χ3v) is 10.1. The summed E-state index contributed by atoms with van der Waals surface area (Å²) >= 11 is 0. The molecule has 0 spiro atoms. The number of esters is 1. The molecule has 0 fully saturated rings. The van der Waals surface area contributed by atoms with Crippen molar-refractivity contribution in [3.05, 3.63) is 11.8 Å². The van der Waals surface area contributed by atoms with Gasteiger partial charge in [-0.05, 0) is 6.42 Å². The second-order valence-electron chi connectivity index (χ2n) is 6.56. The molecule has 3 heteroatoms. The number of ether oxygens (including phenoxy) is 1. The van der Waals surface area contributed by atoms with Gasteiger partial charge in [0.1, 0.15) is 0 Å². The van der Waals surface area contributed by atoms with Crippen LogP contribution in [0.3, 0.4) is 0 Å². The minimum atomic E-state index is -1.75. The minimum Gasteiger partial charge on any atom is -0.463 e. The van der Waals surface area contributed by atoms with E-state index in [1.807, 2.05) is 0 Å². The smallest absolute Gasteiger partial charge is 0.329 e. The van der Waals surface area contributed by atoms with E-state index in [9.17, 15) is 4.79 Å². The van der Waals surface area contributed by atoms with E-state index in [1.54, 1.807) is 0 Å². The van der Waals surface area contributed by atoms with Gasteiger partial charge >= 0.3 is 5.97 Å². The summed E-state index contributed by atoms with van der Waals surface area (Å²) < 4.78 is 5.49. The van der Waals surface area contributed by atoms with Crippen LogP contribution in [0.25, 0.3) is 0 Å². The molecule has 0 aromatic rings. The van der Waals surface area contributed by atoms with Gasteiger partial charge in [-0.25, -0.2) is 4.79 Å². The zero-order valence-electron chi connectivity index (χ0n) is 15.5. The lowest BCUT2D eigenvalue weighted by Crippen LogP contribution is -2.40. The van der Waals surface area contributed by atoms with E-state index in [2.05, 4.69) is 34.3 Å². The van der Waals surface area contributed by atoms with E-state index in [0.717, 1.165) is 18.0 Å². The van der Waals surface area contributed by atoms with Gasteiger partial charge in [-0.1, -0.05) is 97.4 Å². The standard InChI is InChI=1S/C19H38O2Si/c1-6-10-14-21-19(20)18(5)22(15-11-7-2,16-12-8-3)17-13-9-4/h5-17H2,1-4H3. The summed E-state index contributed by atoms with van der Waals surface area (Å²) in [5.41, 5.74) is 0. The molecule has 2 nitrogen and oxygen atoms in total. The monoisotopic (exact) mass is 326 g/mol. The van der Waals surface area contributed by atoms with Gasteiger partial charge in [0.05, 0.1) is 14.7 Å². The van der Waals surface area contributed by atoms with Crippen LogP contribution < -0.4 is 0 Å². The van der Waals surface area contributed by atoms with E-state index in [1.165, 1.54) is 56.7 Å². The van der Waals surface area contributed by atoms with Gasteiger partial charge in [0, 0.05) is 5.20 Å². The molecule has 0 heterocycles. The van der Waals surface area contributed by atoms with E-state index < -0.39 is 8.07 Å². The van der Waals surface area contributed by atoms with Crippen LogP contribution in [0.1, 0.15) is 79.1 Å². The first kappa shape index (κ1) is 21.4. The zero-order chi connectivity index (χ0) is 16.8. The van der Waals surface area contributed by atoms with Crippen LogP contribution in [-0.2, 0) is 9.53 Å². The molecule has 0 aromatic heterocycles. The summed E-state index contributed by atoms with van der Waals surface area (Å²) in [6, 6.07) is 3.64. The van der Waals surface area contributed by atoms with Crippen molar-refractivity contribution >= 4 is 14.0 Å². The van der Waals surface area contributed by atoms with Crippen LogP contribution >= 0.6 is 0 Å². The van der Waals surface area contributed by atoms with Crippen molar-refractivity contribution in [2.24, 2.45) is 0 Å². The van der Waals surface area contributed by atoms with Crippen LogP contribution in [0.2, 0.25) is 18.1 Å². The van der Waals surface area contributed by atoms with Gasteiger partial charge in [0.15, 0.2) is 0 Å². The van der Waals surface area contributed by atoms with Crippen LogP contribution in [-0.4, -0.2) is 20.7 Å². The maximum atomic E-state index is 12.5. The minimum absolute atomic E-state index is 0.0941. The lowest BCUT2D eigenvalue weighted by atomic mass is 10.4. The Balaban J connectivity index is 5.02. The molecule has 0 aliphatic rings. The van der Waals surface area contributed by atoms with Crippen molar-refractivity contribution in [2.45, 2.75) is 97.2 Å². The molecule has 22 heavy (non-hydrogen) atoms. The van der Waals surface area contributed by atoms with E-state index in [4.69, 9.17) is 4.74 Å². The molecule has 0 rings (SSSR count). The lowest BCUT2D eigenvalue weighted by Gasteiger charge is -2.33. The molecule has 0 bridgehead atoms. The predicted octanol–water partition coefficient (Wildman–Crippen LogP) is 6.27. The summed E-state index contributed by atoms with van der Waals surface area (Å²) in [6.07, 6.45) is 9.28. The molecule has 0 saturated heterocycles. The second-order valence-corrected chi connectivity index (χ2v) is 11.2. The highest BCUT2D eigenvalue weighted by atomic mass is 28.3. The third kappa shape index (κ3) is 7.62. The lowest BCUT2D eigenvalue weighted by molar-refractivity contribution is -0.138. The Morgan fingerprint density at radius 3 is 1.59 bits per heavy atom. The summed E-state index contributed by atoms with van der Waals surface area (Å²) in [4.78, 5) is 12.5. The number of carbonyl (C=O) groups is 1. The molecular weight excluding hydrogens is 288 g/mol. The van der Waals surface area contributed by atoms with Gasteiger partial charge < -0.3 is 4.74 Å². The van der Waals surface area contributed by atoms with Gasteiger partial charge in [0.2, 0.25) is 0 Å². The first-order valence-corrected chi connectivity index (χ1v) is 12.1. The number of carbonyl (C=O) groups excluding carboxylic acids is 1. The van der Waals surface area contributed by atoms with E-state index in [-0.39, 0.29) is 5.97 Å². The second kappa shape index (κ2) is 12.9. The highest BCUT2D eigenvalue weighted by Crippen LogP contribution is 2.34. The van der Waals surface area contributed by atoms with Crippen molar-refractivity contribution in [3.8, 4) is 0 Å². The first-order chi connectivity index (χ1) is 10.6. The topological polar surface area (TPSA) is 26.3 Å². The largest absolute Gasteiger partial charge is 0.463 e. The SMILES string of the molecule is C=C(C(=O)OCCCC)[Si](CCCC)(CCCC)CCCC. The van der Waals surface area contributed by atoms with Crippen molar-refractivity contribution in [1.82, 2.24) is 0 Å². The van der Waals surface area contributed by atoms with Gasteiger partial charge in [-0.3, -0.25) is 0 Å². The Morgan fingerprint density at radius 2 is 1.23 bits per heavy atom. The average Bonchev–Trinajstić information content (AvgIpc) is 2.54. The van der Waals surface area contributed by atoms with Crippen molar-refractivity contribution in [2.75, 3.05) is 6.61 Å². The Morgan fingerprint density at radius 1 is 0.818 bits per heavy atom. The molecule has 0 radical (unpaired) electrons. The molecule has 0 atom stereocenters. The van der Waals surface area contributed by atoms with Gasteiger partial charge in [-0.15, -0.1) is 0 Å². The Labute approximate surface area is 139 Å². The third-order valence-electron chi connectivity index (χ3n) is 4.64. The Hall–Kier alpha value is -0.573. The van der Waals surface area contributed by atoms with Crippen LogP contribution in [0.15, 0.2) is 11.8 Å². The highest BCUT2D eigenvalue weighted by Gasteiger charge is 2.38. The summed E-state index contributed by atoms with van der Waals surface area (Å²) in [5, 5.41) is 0.874. The molecule has 130 valence electrons. The van der Waals surface area contributed by atoms with Gasteiger partial charge in [-0.2, -0.15) is 0 Å². The molecule has 0 aliphatic heterocycles. The molecule has 0 amide bonds. The molecule has 0 aromatic carbocycles. The first-order valence-electron chi connectivity index (χ1n) is 9.44. The van der Waals surface area contributed by atoms with E-state index >= 15 is 0 Å². The van der Waals surface area contributed by atoms with E-state index in [0.29, 0.717) is 6.61 Å². The predicted molar refractivity (Wildman–Crippen MR) is 99.9 cm³/mol. The summed E-state index contributed by atoms with van der Waals surface area (Å²) in [5.74, 6) is -0.0941. The Bertz CT molecular complexity index is 291. The number of hydrogen-bond acceptors (Lipinski definition) is 2. The fourth-order valence-electron chi connectivity index (χ4n) is 2.99. The van der Waals surface area contributed by atoms with Crippen LogP contribution in [0.5, 0.6) is 0 Å². The molecule has 0 N–H and O–H groups in total. The fourth-order valence-corrected chi connectivity index (χ4v) is 8.24. The normalized spacial score (nSPS) is 11.5. The van der Waals surface area contributed by atoms with Crippen molar-refractivity contribution in [1.29, 1.82) is 0 Å². The zero-order valence-corrected chi connectivity index (χ0v) is 16.5. The van der Waals surface area contributed by atoms with Crippen LogP contribution in [0, 0.1) is 0 Å². The number of unbranched alkanes of at least 4 members (excludes halogenated alkanes) is 4. The van der Waals surface area contributed by atoms with Crippen molar-refractivity contribution < 1.29 is 9.53 Å². The molecular formula is C19H38O2Si. The van der Waals surface area contributed by atoms with Crippen LogP contribution in [0.4, 0.5) is 0 Å². The average molecular weight is 327 g/mol. The fraction of sp³-hybridized carbons (Fsp3) is 0.842. The quantitative estimate of drug-likeness (QED) is 0.163. The molecule has 0 unspecified atom stereocenters.